The lowest BCUT2D eigenvalue weighted by atomic mass is 9.89. The molecule has 156 valence electrons. The normalized spacial score (nSPS) is 14.8. The minimum Gasteiger partial charge on any atom is -0.339 e. The van der Waals surface area contributed by atoms with Gasteiger partial charge in [-0.15, -0.1) is 0 Å². The van der Waals surface area contributed by atoms with Crippen LogP contribution in [0.2, 0.25) is 0 Å². The van der Waals surface area contributed by atoms with Crippen molar-refractivity contribution in [1.29, 1.82) is 0 Å². The number of benzene rings is 2. The molecule has 0 saturated carbocycles. The average Bonchev–Trinajstić information content (AvgIpc) is 3.20. The maximum Gasteiger partial charge on any atom is 0.254 e. The first kappa shape index (κ1) is 19.4. The zero-order chi connectivity index (χ0) is 21.4. The minimum absolute atomic E-state index is 0.0514. The van der Waals surface area contributed by atoms with Gasteiger partial charge in [0.1, 0.15) is 5.82 Å². The predicted molar refractivity (Wildman–Crippen MR) is 118 cm³/mol. The Kier molecular flexibility index (Phi) is 4.98. The molecule has 0 aliphatic carbocycles. The molecule has 2 aromatic carbocycles. The summed E-state index contributed by atoms with van der Waals surface area (Å²) in [6.07, 6.45) is 3.52. The number of aryl methyl sites for hydroxylation is 1. The topological polar surface area (TPSA) is 51.0 Å². The van der Waals surface area contributed by atoms with Crippen LogP contribution < -0.4 is 0 Å². The van der Waals surface area contributed by atoms with E-state index in [0.29, 0.717) is 46.9 Å². The molecule has 0 N–H and O–H groups in total. The zero-order valence-electron chi connectivity index (χ0n) is 17.3. The van der Waals surface area contributed by atoms with Crippen molar-refractivity contribution >= 4 is 16.9 Å². The highest BCUT2D eigenvalue weighted by Crippen LogP contribution is 2.31. The number of carbonyl (C=O) groups excluding carboxylic acids is 1. The second kappa shape index (κ2) is 7.95. The van der Waals surface area contributed by atoms with Crippen LogP contribution in [0.1, 0.15) is 34.7 Å². The number of likely N-dealkylation sites (tertiary alicyclic amines) is 1. The first-order valence-corrected chi connectivity index (χ1v) is 10.5. The average molecular weight is 414 g/mol. The molecule has 0 spiro atoms. The molecule has 1 fully saturated rings. The number of amides is 1. The van der Waals surface area contributed by atoms with Gasteiger partial charge in [0.2, 0.25) is 0 Å². The summed E-state index contributed by atoms with van der Waals surface area (Å²) in [6, 6.07) is 18.7. The number of carbonyl (C=O) groups is 1. The number of nitrogens with zero attached hydrogens (tertiary/aromatic N) is 4. The predicted octanol–water partition coefficient (Wildman–Crippen LogP) is 4.79. The lowest BCUT2D eigenvalue weighted by Gasteiger charge is -2.32. The summed E-state index contributed by atoms with van der Waals surface area (Å²) in [7, 11) is 1.78. The summed E-state index contributed by atoms with van der Waals surface area (Å²) in [6.45, 7) is 1.38. The van der Waals surface area contributed by atoms with Crippen molar-refractivity contribution in [2.45, 2.75) is 18.8 Å². The smallest absolute Gasteiger partial charge is 0.254 e. The van der Waals surface area contributed by atoms with Gasteiger partial charge >= 0.3 is 0 Å². The fourth-order valence-corrected chi connectivity index (χ4v) is 4.41. The molecule has 1 saturated heterocycles. The van der Waals surface area contributed by atoms with Crippen molar-refractivity contribution in [1.82, 2.24) is 19.7 Å². The summed E-state index contributed by atoms with van der Waals surface area (Å²) in [5.41, 5.74) is 3.24. The molecule has 5 rings (SSSR count). The van der Waals surface area contributed by atoms with Gasteiger partial charge in [0.25, 0.3) is 5.91 Å². The van der Waals surface area contributed by atoms with Gasteiger partial charge in [-0.1, -0.05) is 42.5 Å². The zero-order valence-corrected chi connectivity index (χ0v) is 17.3. The van der Waals surface area contributed by atoms with E-state index in [1.54, 1.807) is 42.2 Å². The molecular weight excluding hydrogens is 391 g/mol. The standard InChI is InChI=1S/C25H23FN4O/c1-29-24-21(16-27-29)20(15-23(28-24)19-9-5-6-10-22(19)26)25(31)30-13-11-18(12-14-30)17-7-3-2-4-8-17/h2-10,15-16,18H,11-14H2,1H3. The van der Waals surface area contributed by atoms with Gasteiger partial charge in [0.15, 0.2) is 5.65 Å². The number of halogens is 1. The quantitative estimate of drug-likeness (QED) is 0.484. The van der Waals surface area contributed by atoms with Crippen molar-refractivity contribution in [2.24, 2.45) is 7.05 Å². The molecule has 4 aromatic rings. The Hall–Kier alpha value is -3.54. The van der Waals surface area contributed by atoms with Crippen LogP contribution in [0.25, 0.3) is 22.3 Å². The van der Waals surface area contributed by atoms with E-state index >= 15 is 0 Å². The molecule has 0 radical (unpaired) electrons. The molecule has 1 amide bonds. The van der Waals surface area contributed by atoms with E-state index in [4.69, 9.17) is 0 Å². The SMILES string of the molecule is Cn1ncc2c(C(=O)N3CCC(c4ccccc4)CC3)cc(-c3ccccc3F)nc21. The second-order valence-corrected chi connectivity index (χ2v) is 8.02. The van der Waals surface area contributed by atoms with Gasteiger partial charge in [0.05, 0.1) is 22.8 Å². The van der Waals surface area contributed by atoms with Gasteiger partial charge < -0.3 is 4.90 Å². The van der Waals surface area contributed by atoms with Gasteiger partial charge in [-0.25, -0.2) is 9.37 Å². The largest absolute Gasteiger partial charge is 0.339 e. The van der Waals surface area contributed by atoms with Crippen molar-refractivity contribution in [3.63, 3.8) is 0 Å². The van der Waals surface area contributed by atoms with E-state index in [1.165, 1.54) is 11.6 Å². The number of hydrogen-bond donors (Lipinski definition) is 0. The molecule has 31 heavy (non-hydrogen) atoms. The summed E-state index contributed by atoms with van der Waals surface area (Å²) < 4.78 is 16.1. The molecule has 0 atom stereocenters. The molecule has 1 aliphatic rings. The lowest BCUT2D eigenvalue weighted by molar-refractivity contribution is 0.0715. The van der Waals surface area contributed by atoms with E-state index in [1.807, 2.05) is 11.0 Å². The number of hydrogen-bond acceptors (Lipinski definition) is 3. The van der Waals surface area contributed by atoms with Crippen LogP contribution in [0, 0.1) is 5.82 Å². The molecule has 0 unspecified atom stereocenters. The van der Waals surface area contributed by atoms with Crippen molar-refractivity contribution in [2.75, 3.05) is 13.1 Å². The Bertz CT molecular complexity index is 1240. The van der Waals surface area contributed by atoms with E-state index in [9.17, 15) is 9.18 Å². The molecular formula is C25H23FN4O. The van der Waals surface area contributed by atoms with Crippen LogP contribution >= 0.6 is 0 Å². The van der Waals surface area contributed by atoms with Crippen molar-refractivity contribution in [3.05, 3.63) is 83.8 Å². The fraction of sp³-hybridized carbons (Fsp3) is 0.240. The minimum atomic E-state index is -0.362. The van der Waals surface area contributed by atoms with Gasteiger partial charge in [-0.3, -0.25) is 9.48 Å². The summed E-state index contributed by atoms with van der Waals surface area (Å²) in [5.74, 6) is 0.0539. The Morgan fingerprint density at radius 1 is 1.03 bits per heavy atom. The molecule has 0 bridgehead atoms. The van der Waals surface area contributed by atoms with Crippen molar-refractivity contribution in [3.8, 4) is 11.3 Å². The highest BCUT2D eigenvalue weighted by molar-refractivity contribution is 6.06. The van der Waals surface area contributed by atoms with Crippen LogP contribution in [0.3, 0.4) is 0 Å². The van der Waals surface area contributed by atoms with E-state index in [2.05, 4.69) is 34.3 Å². The number of rotatable bonds is 3. The molecule has 6 heteroatoms. The maximum atomic E-state index is 14.4. The fourth-order valence-electron chi connectivity index (χ4n) is 4.41. The lowest BCUT2D eigenvalue weighted by Crippen LogP contribution is -2.38. The third kappa shape index (κ3) is 3.58. The number of fused-ring (bicyclic) bond motifs is 1. The Morgan fingerprint density at radius 2 is 1.74 bits per heavy atom. The summed E-state index contributed by atoms with van der Waals surface area (Å²) >= 11 is 0. The molecule has 3 heterocycles. The van der Waals surface area contributed by atoms with Crippen LogP contribution in [0.4, 0.5) is 4.39 Å². The van der Waals surface area contributed by atoms with Crippen LogP contribution in [0.15, 0.2) is 66.9 Å². The molecule has 5 nitrogen and oxygen atoms in total. The van der Waals surface area contributed by atoms with Gasteiger partial charge in [-0.05, 0) is 42.5 Å². The third-order valence-corrected chi connectivity index (χ3v) is 6.14. The van der Waals surface area contributed by atoms with Crippen LogP contribution in [0.5, 0.6) is 0 Å². The highest BCUT2D eigenvalue weighted by atomic mass is 19.1. The van der Waals surface area contributed by atoms with Gasteiger partial charge in [-0.2, -0.15) is 5.10 Å². The number of aromatic nitrogens is 3. The molecule has 1 aliphatic heterocycles. The number of piperidine rings is 1. The first-order valence-electron chi connectivity index (χ1n) is 10.5. The number of pyridine rings is 1. The highest BCUT2D eigenvalue weighted by Gasteiger charge is 2.27. The second-order valence-electron chi connectivity index (χ2n) is 8.02. The van der Waals surface area contributed by atoms with E-state index in [0.717, 1.165) is 12.8 Å². The van der Waals surface area contributed by atoms with Crippen LogP contribution in [-0.4, -0.2) is 38.7 Å². The summed E-state index contributed by atoms with van der Waals surface area (Å²) in [5, 5.41) is 4.97. The van der Waals surface area contributed by atoms with E-state index in [-0.39, 0.29) is 11.7 Å². The monoisotopic (exact) mass is 414 g/mol. The van der Waals surface area contributed by atoms with Crippen molar-refractivity contribution < 1.29 is 9.18 Å². The van der Waals surface area contributed by atoms with Gasteiger partial charge in [0, 0.05) is 25.7 Å². The Labute approximate surface area is 180 Å². The third-order valence-electron chi connectivity index (χ3n) is 6.14. The van der Waals surface area contributed by atoms with Crippen LogP contribution in [-0.2, 0) is 7.05 Å². The molecule has 2 aromatic heterocycles. The summed E-state index contributed by atoms with van der Waals surface area (Å²) in [4.78, 5) is 20.0. The Balaban J connectivity index is 1.47. The van der Waals surface area contributed by atoms with E-state index < -0.39 is 0 Å². The Morgan fingerprint density at radius 3 is 2.48 bits per heavy atom. The first-order chi connectivity index (χ1) is 15.1. The maximum absolute atomic E-state index is 14.4.